The van der Waals surface area contributed by atoms with Crippen LogP contribution in [0.25, 0.3) is 98.0 Å². The van der Waals surface area contributed by atoms with Crippen LogP contribution in [-0.2, 0) is 10.8 Å². The Morgan fingerprint density at radius 2 is 0.679 bits per heavy atom. The first kappa shape index (κ1) is 34.3. The van der Waals surface area contributed by atoms with Gasteiger partial charge in [-0.25, -0.2) is 0 Å². The van der Waals surface area contributed by atoms with E-state index in [4.69, 9.17) is 0 Å². The Hall–Kier alpha value is -6.24. The van der Waals surface area contributed by atoms with E-state index < -0.39 is 0 Å². The van der Waals surface area contributed by atoms with Gasteiger partial charge in [0.25, 0.3) is 0 Å². The summed E-state index contributed by atoms with van der Waals surface area (Å²) in [4.78, 5) is 0. The lowest BCUT2D eigenvalue weighted by atomic mass is 9.80. The molecule has 0 aromatic heterocycles. The fourth-order valence-electron chi connectivity index (χ4n) is 8.87. The van der Waals surface area contributed by atoms with Gasteiger partial charge < -0.3 is 0 Å². The molecule has 0 aliphatic carbocycles. The van der Waals surface area contributed by atoms with Crippen molar-refractivity contribution >= 4 is 64.6 Å². The van der Waals surface area contributed by atoms with E-state index >= 15 is 0 Å². The van der Waals surface area contributed by atoms with E-state index in [1.807, 2.05) is 0 Å². The van der Waals surface area contributed by atoms with Crippen LogP contribution in [0.15, 0.2) is 170 Å². The van der Waals surface area contributed by atoms with E-state index in [2.05, 4.69) is 211 Å². The maximum Gasteiger partial charge on any atom is -0.00921 e. The Kier molecular flexibility index (Phi) is 7.74. The molecule has 0 amide bonds. The van der Waals surface area contributed by atoms with Gasteiger partial charge in [-0.15, -0.1) is 0 Å². The molecule has 0 spiro atoms. The summed E-state index contributed by atoms with van der Waals surface area (Å²) >= 11 is 0. The van der Waals surface area contributed by atoms with Crippen molar-refractivity contribution in [2.24, 2.45) is 0 Å². The molecule has 0 radical (unpaired) electrons. The highest BCUT2D eigenvalue weighted by molar-refractivity contribution is 6.24. The second-order valence-electron chi connectivity index (χ2n) is 17.8. The van der Waals surface area contributed by atoms with Crippen molar-refractivity contribution in [2.75, 3.05) is 0 Å². The van der Waals surface area contributed by atoms with E-state index in [0.717, 1.165) is 0 Å². The molecule has 0 unspecified atom stereocenters. The van der Waals surface area contributed by atoms with Gasteiger partial charge in [0.15, 0.2) is 0 Å². The highest BCUT2D eigenvalue weighted by Gasteiger charge is 2.21. The third-order valence-corrected chi connectivity index (χ3v) is 12.1. The molecule has 0 aliphatic heterocycles. The SMILES string of the molecule is CC(C)(C)c1ccc2c(-c3ccc4c(-c5ccc6ccccc6c5)cc5c6ccccc6c(-c6ccc7ccccc7c6)cc5c4c3)cc(C(C)(C)C)cc2c1. The van der Waals surface area contributed by atoms with Crippen molar-refractivity contribution in [1.82, 2.24) is 0 Å². The van der Waals surface area contributed by atoms with Crippen LogP contribution in [0.4, 0.5) is 0 Å². The third-order valence-electron chi connectivity index (χ3n) is 12.1. The Morgan fingerprint density at radius 1 is 0.250 bits per heavy atom. The van der Waals surface area contributed by atoms with Crippen molar-refractivity contribution in [3.63, 3.8) is 0 Å². The van der Waals surface area contributed by atoms with Crippen molar-refractivity contribution in [3.8, 4) is 33.4 Å². The lowest BCUT2D eigenvalue weighted by molar-refractivity contribution is 0.589. The Balaban J connectivity index is 1.31. The summed E-state index contributed by atoms with van der Waals surface area (Å²) < 4.78 is 0. The van der Waals surface area contributed by atoms with Crippen molar-refractivity contribution < 1.29 is 0 Å². The first-order valence-corrected chi connectivity index (χ1v) is 20.0. The van der Waals surface area contributed by atoms with Crippen LogP contribution in [0.3, 0.4) is 0 Å². The first-order chi connectivity index (χ1) is 27.0. The largest absolute Gasteiger partial charge is 0.0616 e. The number of rotatable bonds is 3. The average molecular weight is 719 g/mol. The van der Waals surface area contributed by atoms with E-state index in [1.54, 1.807) is 0 Å². The van der Waals surface area contributed by atoms with Gasteiger partial charge in [0.2, 0.25) is 0 Å². The smallest absolute Gasteiger partial charge is 0.00921 e. The highest BCUT2D eigenvalue weighted by Crippen LogP contribution is 2.45. The summed E-state index contributed by atoms with van der Waals surface area (Å²) in [6.07, 6.45) is 0. The van der Waals surface area contributed by atoms with Crippen LogP contribution < -0.4 is 0 Å². The summed E-state index contributed by atoms with van der Waals surface area (Å²) in [5.41, 5.74) is 10.3. The summed E-state index contributed by atoms with van der Waals surface area (Å²) in [7, 11) is 0. The lowest BCUT2D eigenvalue weighted by Gasteiger charge is -2.24. The second-order valence-corrected chi connectivity index (χ2v) is 17.8. The van der Waals surface area contributed by atoms with Crippen LogP contribution in [0.2, 0.25) is 0 Å². The molecule has 270 valence electrons. The molecule has 0 N–H and O–H groups in total. The zero-order chi connectivity index (χ0) is 38.3. The molecule has 10 rings (SSSR count). The predicted octanol–water partition coefficient (Wildman–Crippen LogP) is 16.2. The first-order valence-electron chi connectivity index (χ1n) is 20.0. The van der Waals surface area contributed by atoms with Gasteiger partial charge in [-0.3, -0.25) is 0 Å². The number of hydrogen-bond donors (Lipinski definition) is 0. The molecule has 0 saturated heterocycles. The number of hydrogen-bond acceptors (Lipinski definition) is 0. The Labute approximate surface area is 330 Å². The highest BCUT2D eigenvalue weighted by atomic mass is 14.3. The molecule has 0 saturated carbocycles. The maximum atomic E-state index is 2.49. The van der Waals surface area contributed by atoms with Crippen LogP contribution in [0.5, 0.6) is 0 Å². The minimum atomic E-state index is 0.00114. The van der Waals surface area contributed by atoms with Gasteiger partial charge in [-0.1, -0.05) is 175 Å². The van der Waals surface area contributed by atoms with E-state index in [-0.39, 0.29) is 10.8 Å². The summed E-state index contributed by atoms with van der Waals surface area (Å²) in [5, 5.41) is 15.3. The van der Waals surface area contributed by atoms with Gasteiger partial charge in [-0.2, -0.15) is 0 Å². The molecular weight excluding hydrogens is 673 g/mol. The fourth-order valence-corrected chi connectivity index (χ4v) is 8.87. The molecule has 10 aromatic rings. The standard InChI is InChI=1S/C56H46/c1-55(2,3)43-24-26-45-42(29-43)30-44(56(4,5)6)32-49(45)41-23-25-48-51(40-22-20-36-14-8-10-16-38(36)28-40)33-53-47-18-12-11-17-46(47)50(34-54(53)52(48)31-41)39-21-19-35-13-7-9-15-37(35)27-39/h7-34H,1-6H3. The molecular formula is C56H46. The summed E-state index contributed by atoms with van der Waals surface area (Å²) in [6, 6.07) is 64.3. The van der Waals surface area contributed by atoms with Crippen LogP contribution in [0.1, 0.15) is 52.7 Å². The second kappa shape index (κ2) is 12.7. The van der Waals surface area contributed by atoms with Gasteiger partial charge in [0, 0.05) is 0 Å². The van der Waals surface area contributed by atoms with Gasteiger partial charge >= 0.3 is 0 Å². The monoisotopic (exact) mass is 718 g/mol. The Bertz CT molecular complexity index is 3190. The minimum absolute atomic E-state index is 0.00114. The summed E-state index contributed by atoms with van der Waals surface area (Å²) in [5.74, 6) is 0. The topological polar surface area (TPSA) is 0 Å². The number of benzene rings is 10. The van der Waals surface area contributed by atoms with Crippen LogP contribution in [0, 0.1) is 0 Å². The van der Waals surface area contributed by atoms with Crippen molar-refractivity contribution in [2.45, 2.75) is 52.4 Å². The van der Waals surface area contributed by atoms with Gasteiger partial charge in [0.1, 0.15) is 0 Å². The quantitative estimate of drug-likeness (QED) is 0.160. The third kappa shape index (κ3) is 5.75. The normalized spacial score (nSPS) is 12.5. The predicted molar refractivity (Wildman–Crippen MR) is 245 cm³/mol. The maximum absolute atomic E-state index is 2.49. The van der Waals surface area contributed by atoms with E-state index in [0.29, 0.717) is 0 Å². The molecule has 0 atom stereocenters. The van der Waals surface area contributed by atoms with Gasteiger partial charge in [-0.05, 0) is 156 Å². The van der Waals surface area contributed by atoms with Crippen molar-refractivity contribution in [3.05, 3.63) is 181 Å². The van der Waals surface area contributed by atoms with E-state index in [1.165, 1.54) is 109 Å². The molecule has 0 aliphatic rings. The molecule has 0 nitrogen and oxygen atoms in total. The molecule has 56 heavy (non-hydrogen) atoms. The average Bonchev–Trinajstić information content (AvgIpc) is 3.21. The van der Waals surface area contributed by atoms with Crippen molar-refractivity contribution in [1.29, 1.82) is 0 Å². The van der Waals surface area contributed by atoms with E-state index in [9.17, 15) is 0 Å². The fraction of sp³-hybridized carbons (Fsp3) is 0.143. The molecule has 0 bridgehead atoms. The lowest BCUT2D eigenvalue weighted by Crippen LogP contribution is -2.12. The molecule has 10 aromatic carbocycles. The van der Waals surface area contributed by atoms with Gasteiger partial charge in [0.05, 0.1) is 0 Å². The van der Waals surface area contributed by atoms with Crippen LogP contribution >= 0.6 is 0 Å². The zero-order valence-corrected chi connectivity index (χ0v) is 33.2. The molecule has 0 heterocycles. The molecule has 0 fully saturated rings. The summed E-state index contributed by atoms with van der Waals surface area (Å²) in [6.45, 7) is 13.9. The minimum Gasteiger partial charge on any atom is -0.0616 e. The zero-order valence-electron chi connectivity index (χ0n) is 33.2. The molecule has 0 heteroatoms. The van der Waals surface area contributed by atoms with Crippen LogP contribution in [-0.4, -0.2) is 0 Å². The number of fused-ring (bicyclic) bond motifs is 8. The Morgan fingerprint density at radius 3 is 1.29 bits per heavy atom.